The predicted molar refractivity (Wildman–Crippen MR) is 92.7 cm³/mol. The molecule has 1 aromatic carbocycles. The van der Waals surface area contributed by atoms with E-state index in [1.807, 2.05) is 54.0 Å². The van der Waals surface area contributed by atoms with Crippen LogP contribution in [-0.2, 0) is 6.54 Å². The van der Waals surface area contributed by atoms with Crippen LogP contribution in [0.15, 0.2) is 61.1 Å². The van der Waals surface area contributed by atoms with E-state index in [9.17, 15) is 9.90 Å². The van der Waals surface area contributed by atoms with Crippen LogP contribution in [0, 0.1) is 0 Å². The molecule has 0 aliphatic rings. The lowest BCUT2D eigenvalue weighted by Gasteiger charge is -2.29. The second-order valence-corrected chi connectivity index (χ2v) is 5.89. The van der Waals surface area contributed by atoms with Crippen molar-refractivity contribution in [2.45, 2.75) is 25.9 Å². The van der Waals surface area contributed by atoms with Gasteiger partial charge in [-0.2, -0.15) is 0 Å². The number of hydrogen-bond acceptors (Lipinski definition) is 3. The summed E-state index contributed by atoms with van der Waals surface area (Å²) in [5.74, 6) is -0.0506. The largest absolute Gasteiger partial charge is 0.396 e. The van der Waals surface area contributed by atoms with Crippen LogP contribution in [0.4, 0.5) is 0 Å². The highest BCUT2D eigenvalue weighted by atomic mass is 16.3. The van der Waals surface area contributed by atoms with Gasteiger partial charge in [0.15, 0.2) is 0 Å². The van der Waals surface area contributed by atoms with Gasteiger partial charge >= 0.3 is 0 Å². The molecular formula is C19H21N3O2. The van der Waals surface area contributed by atoms with Crippen molar-refractivity contribution in [2.24, 2.45) is 0 Å². The Labute approximate surface area is 141 Å². The second kappa shape index (κ2) is 7.27. The van der Waals surface area contributed by atoms with Crippen LogP contribution in [0.25, 0.3) is 5.65 Å². The van der Waals surface area contributed by atoms with Gasteiger partial charge in [0.25, 0.3) is 5.91 Å². The number of amides is 1. The zero-order valence-electron chi connectivity index (χ0n) is 13.7. The maximum absolute atomic E-state index is 13.0. The zero-order chi connectivity index (χ0) is 16.9. The average molecular weight is 323 g/mol. The topological polar surface area (TPSA) is 57.8 Å². The minimum absolute atomic E-state index is 0.0506. The van der Waals surface area contributed by atoms with Crippen LogP contribution in [-0.4, -0.2) is 37.9 Å². The highest BCUT2D eigenvalue weighted by Crippen LogP contribution is 2.16. The average Bonchev–Trinajstić information content (AvgIpc) is 3.08. The summed E-state index contributed by atoms with van der Waals surface area (Å²) in [6.07, 6.45) is 5.94. The number of aliphatic hydroxyl groups excluding tert-OH is 1. The fourth-order valence-corrected chi connectivity index (χ4v) is 2.76. The molecule has 1 atom stereocenters. The predicted octanol–water partition coefficient (Wildman–Crippen LogP) is 2.75. The van der Waals surface area contributed by atoms with E-state index in [0.717, 1.165) is 11.2 Å². The van der Waals surface area contributed by atoms with Crippen molar-refractivity contribution in [2.75, 3.05) is 6.61 Å². The molecule has 2 heterocycles. The highest BCUT2D eigenvalue weighted by molar-refractivity contribution is 5.95. The lowest BCUT2D eigenvalue weighted by Crippen LogP contribution is -2.38. The molecule has 1 N–H and O–H groups in total. The van der Waals surface area contributed by atoms with Crippen molar-refractivity contribution in [1.29, 1.82) is 0 Å². The standard InChI is InChI=1S/C19H21N3O2/c1-15(8-12-23)22(14-16-5-3-2-4-6-16)19(24)17-7-10-21-11-9-20-18(21)13-17/h2-7,9-11,13,15,23H,8,12,14H2,1H3. The summed E-state index contributed by atoms with van der Waals surface area (Å²) in [5.41, 5.74) is 2.42. The number of fused-ring (bicyclic) bond motifs is 1. The number of carbonyl (C=O) groups excluding carboxylic acids is 1. The smallest absolute Gasteiger partial charge is 0.254 e. The number of aliphatic hydroxyl groups is 1. The third-order valence-corrected chi connectivity index (χ3v) is 4.18. The van der Waals surface area contributed by atoms with Gasteiger partial charge in [0, 0.05) is 43.3 Å². The van der Waals surface area contributed by atoms with Crippen molar-refractivity contribution >= 4 is 11.6 Å². The van der Waals surface area contributed by atoms with E-state index < -0.39 is 0 Å². The fourth-order valence-electron chi connectivity index (χ4n) is 2.76. The molecule has 0 spiro atoms. The summed E-state index contributed by atoms with van der Waals surface area (Å²) in [4.78, 5) is 19.1. The Balaban J connectivity index is 1.89. The molecule has 5 heteroatoms. The van der Waals surface area contributed by atoms with Gasteiger partial charge in [-0.15, -0.1) is 0 Å². The maximum atomic E-state index is 13.0. The lowest BCUT2D eigenvalue weighted by atomic mass is 10.1. The molecule has 0 aliphatic carbocycles. The van der Waals surface area contributed by atoms with Crippen LogP contribution in [0.1, 0.15) is 29.3 Å². The summed E-state index contributed by atoms with van der Waals surface area (Å²) in [7, 11) is 0. The summed E-state index contributed by atoms with van der Waals surface area (Å²) in [6.45, 7) is 2.53. The third-order valence-electron chi connectivity index (χ3n) is 4.18. The van der Waals surface area contributed by atoms with E-state index in [0.29, 0.717) is 18.5 Å². The molecule has 1 amide bonds. The van der Waals surface area contributed by atoms with Crippen LogP contribution in [0.3, 0.4) is 0 Å². The minimum Gasteiger partial charge on any atom is -0.396 e. The van der Waals surface area contributed by atoms with Crippen molar-refractivity contribution in [3.05, 3.63) is 72.2 Å². The normalized spacial score (nSPS) is 12.2. The van der Waals surface area contributed by atoms with E-state index in [1.54, 1.807) is 23.2 Å². The molecule has 3 aromatic rings. The number of imidazole rings is 1. The Hall–Kier alpha value is -2.66. The van der Waals surface area contributed by atoms with Crippen LogP contribution in [0.5, 0.6) is 0 Å². The van der Waals surface area contributed by atoms with Gasteiger partial charge in [0.2, 0.25) is 0 Å². The molecule has 124 valence electrons. The monoisotopic (exact) mass is 323 g/mol. The Morgan fingerprint density at radius 2 is 2.04 bits per heavy atom. The summed E-state index contributed by atoms with van der Waals surface area (Å²) in [5, 5.41) is 9.27. The number of pyridine rings is 1. The Bertz CT molecular complexity index is 814. The van der Waals surface area contributed by atoms with E-state index >= 15 is 0 Å². The number of benzene rings is 1. The first-order valence-corrected chi connectivity index (χ1v) is 8.07. The summed E-state index contributed by atoms with van der Waals surface area (Å²) in [6, 6.07) is 13.4. The Morgan fingerprint density at radius 3 is 2.79 bits per heavy atom. The van der Waals surface area contributed by atoms with Crippen molar-refractivity contribution in [3.8, 4) is 0 Å². The van der Waals surface area contributed by atoms with Gasteiger partial charge in [-0.1, -0.05) is 30.3 Å². The Morgan fingerprint density at radius 1 is 1.25 bits per heavy atom. The van der Waals surface area contributed by atoms with Crippen LogP contribution in [0.2, 0.25) is 0 Å². The lowest BCUT2D eigenvalue weighted by molar-refractivity contribution is 0.0648. The Kier molecular flexibility index (Phi) is 4.91. The molecule has 0 aliphatic heterocycles. The first-order chi connectivity index (χ1) is 11.7. The number of rotatable bonds is 6. The maximum Gasteiger partial charge on any atom is 0.254 e. The quantitative estimate of drug-likeness (QED) is 0.759. The minimum atomic E-state index is -0.0568. The molecule has 2 aromatic heterocycles. The number of nitrogens with zero attached hydrogens (tertiary/aromatic N) is 3. The second-order valence-electron chi connectivity index (χ2n) is 5.89. The summed E-state index contributed by atoms with van der Waals surface area (Å²) < 4.78 is 1.87. The molecule has 0 radical (unpaired) electrons. The zero-order valence-corrected chi connectivity index (χ0v) is 13.7. The fraction of sp³-hybridized carbons (Fsp3) is 0.263. The molecule has 0 fully saturated rings. The summed E-state index contributed by atoms with van der Waals surface area (Å²) >= 11 is 0. The van der Waals surface area contributed by atoms with Gasteiger partial charge in [-0.05, 0) is 31.0 Å². The SMILES string of the molecule is CC(CCO)N(Cc1ccccc1)C(=O)c1ccn2ccnc2c1. The molecule has 5 nitrogen and oxygen atoms in total. The van der Waals surface area contributed by atoms with E-state index in [2.05, 4.69) is 4.98 Å². The molecule has 0 bridgehead atoms. The van der Waals surface area contributed by atoms with Crippen molar-refractivity contribution in [1.82, 2.24) is 14.3 Å². The van der Waals surface area contributed by atoms with E-state index in [1.165, 1.54) is 0 Å². The number of aromatic nitrogens is 2. The van der Waals surface area contributed by atoms with E-state index in [-0.39, 0.29) is 18.6 Å². The van der Waals surface area contributed by atoms with Gasteiger partial charge in [0.05, 0.1) is 0 Å². The molecule has 3 rings (SSSR count). The molecule has 0 saturated heterocycles. The molecule has 0 saturated carbocycles. The van der Waals surface area contributed by atoms with Crippen LogP contribution >= 0.6 is 0 Å². The van der Waals surface area contributed by atoms with Gasteiger partial charge in [0.1, 0.15) is 5.65 Å². The molecule has 24 heavy (non-hydrogen) atoms. The van der Waals surface area contributed by atoms with Crippen molar-refractivity contribution in [3.63, 3.8) is 0 Å². The number of carbonyl (C=O) groups is 1. The van der Waals surface area contributed by atoms with E-state index in [4.69, 9.17) is 0 Å². The van der Waals surface area contributed by atoms with Crippen molar-refractivity contribution < 1.29 is 9.90 Å². The highest BCUT2D eigenvalue weighted by Gasteiger charge is 2.22. The molecular weight excluding hydrogens is 302 g/mol. The van der Waals surface area contributed by atoms with Crippen LogP contribution < -0.4 is 0 Å². The van der Waals surface area contributed by atoms with Gasteiger partial charge in [-0.25, -0.2) is 4.98 Å². The molecule has 1 unspecified atom stereocenters. The van der Waals surface area contributed by atoms with Gasteiger partial charge < -0.3 is 14.4 Å². The van der Waals surface area contributed by atoms with Gasteiger partial charge in [-0.3, -0.25) is 4.79 Å². The third kappa shape index (κ3) is 3.46. The first kappa shape index (κ1) is 16.2. The number of hydrogen-bond donors (Lipinski definition) is 1. The first-order valence-electron chi connectivity index (χ1n) is 8.07.